The molecule has 102 valence electrons. The van der Waals surface area contributed by atoms with Gasteiger partial charge in [-0.2, -0.15) is 0 Å². The lowest BCUT2D eigenvalue weighted by Gasteiger charge is -2.36. The number of nitrogens with two attached hydrogens (primary N) is 2. The number of anilines is 2. The summed E-state index contributed by atoms with van der Waals surface area (Å²) in [6.07, 6.45) is 0.641. The number of nitrogens with one attached hydrogen (secondary N) is 1. The Hall–Kier alpha value is -2.04. The molecule has 0 aromatic heterocycles. The average molecular weight is 261 g/mol. The van der Waals surface area contributed by atoms with Crippen LogP contribution >= 0.6 is 0 Å². The van der Waals surface area contributed by atoms with Gasteiger partial charge < -0.3 is 11.5 Å². The van der Waals surface area contributed by atoms with Crippen LogP contribution in [0.1, 0.15) is 43.1 Å². The van der Waals surface area contributed by atoms with Crippen molar-refractivity contribution in [2.24, 2.45) is 5.92 Å². The van der Waals surface area contributed by atoms with Gasteiger partial charge in [-0.05, 0) is 30.9 Å². The van der Waals surface area contributed by atoms with Crippen LogP contribution in [0.4, 0.5) is 11.4 Å². The highest BCUT2D eigenvalue weighted by Gasteiger charge is 2.44. The van der Waals surface area contributed by atoms with Gasteiger partial charge in [-0.25, -0.2) is 0 Å². The Morgan fingerprint density at radius 1 is 1.26 bits per heavy atom. The largest absolute Gasteiger partial charge is 0.397 e. The minimum Gasteiger partial charge on any atom is -0.397 e. The third-order valence-electron chi connectivity index (χ3n) is 3.65. The number of imide groups is 1. The third-order valence-corrected chi connectivity index (χ3v) is 3.65. The lowest BCUT2D eigenvalue weighted by molar-refractivity contribution is -0.126. The molecular formula is C14H19N3O2. The number of hydrogen-bond donors (Lipinski definition) is 3. The Bertz CT molecular complexity index is 566. The van der Waals surface area contributed by atoms with Crippen LogP contribution in [0.5, 0.6) is 0 Å². The zero-order valence-corrected chi connectivity index (χ0v) is 11.4. The molecule has 5 N–H and O–H groups in total. The first-order chi connectivity index (χ1) is 8.77. The summed E-state index contributed by atoms with van der Waals surface area (Å²) in [5.41, 5.74) is 12.5. The van der Waals surface area contributed by atoms with E-state index in [1.54, 1.807) is 12.1 Å². The molecule has 0 saturated carbocycles. The van der Waals surface area contributed by atoms with Crippen molar-refractivity contribution in [1.29, 1.82) is 0 Å². The number of carbonyl (C=O) groups excluding carboxylic acids is 2. The normalized spacial score (nSPS) is 22.3. The lowest BCUT2D eigenvalue weighted by atomic mass is 9.71. The van der Waals surface area contributed by atoms with Crippen molar-refractivity contribution in [3.05, 3.63) is 23.3 Å². The monoisotopic (exact) mass is 261 g/mol. The fourth-order valence-corrected chi connectivity index (χ4v) is 2.79. The van der Waals surface area contributed by atoms with Gasteiger partial charge in [0.15, 0.2) is 0 Å². The van der Waals surface area contributed by atoms with Gasteiger partial charge in [-0.15, -0.1) is 0 Å². The summed E-state index contributed by atoms with van der Waals surface area (Å²) in [6.45, 7) is 5.91. The molecule has 1 aromatic carbocycles. The van der Waals surface area contributed by atoms with Crippen molar-refractivity contribution in [3.63, 3.8) is 0 Å². The van der Waals surface area contributed by atoms with Crippen molar-refractivity contribution >= 4 is 23.2 Å². The minimum absolute atomic E-state index is 0.248. The van der Waals surface area contributed by atoms with Crippen LogP contribution in [0.3, 0.4) is 0 Å². The summed E-state index contributed by atoms with van der Waals surface area (Å²) in [5.74, 6) is -0.426. The highest BCUT2D eigenvalue weighted by molar-refractivity contribution is 6.16. The highest BCUT2D eigenvalue weighted by atomic mass is 16.2. The Kier molecular flexibility index (Phi) is 3.00. The predicted octanol–water partition coefficient (Wildman–Crippen LogP) is 1.42. The van der Waals surface area contributed by atoms with Gasteiger partial charge in [0, 0.05) is 0 Å². The van der Waals surface area contributed by atoms with E-state index in [-0.39, 0.29) is 11.6 Å². The molecule has 1 heterocycles. The number of fused-ring (bicyclic) bond motifs is 1. The maximum atomic E-state index is 12.2. The fourth-order valence-electron chi connectivity index (χ4n) is 2.79. The first-order valence-electron chi connectivity index (χ1n) is 6.31. The highest BCUT2D eigenvalue weighted by Crippen LogP contribution is 2.39. The van der Waals surface area contributed by atoms with Gasteiger partial charge in [0.05, 0.1) is 22.4 Å². The van der Waals surface area contributed by atoms with E-state index >= 15 is 0 Å². The van der Waals surface area contributed by atoms with E-state index in [0.29, 0.717) is 29.2 Å². The molecule has 0 radical (unpaired) electrons. The minimum atomic E-state index is -0.751. The Morgan fingerprint density at radius 3 is 2.47 bits per heavy atom. The van der Waals surface area contributed by atoms with E-state index < -0.39 is 11.3 Å². The zero-order valence-electron chi connectivity index (χ0n) is 11.4. The molecule has 5 nitrogen and oxygen atoms in total. The van der Waals surface area contributed by atoms with E-state index in [1.165, 1.54) is 0 Å². The van der Waals surface area contributed by atoms with E-state index in [0.717, 1.165) is 0 Å². The van der Waals surface area contributed by atoms with Gasteiger partial charge in [0.2, 0.25) is 5.91 Å². The predicted molar refractivity (Wildman–Crippen MR) is 74.5 cm³/mol. The number of amides is 2. The zero-order chi connectivity index (χ0) is 14.4. The molecule has 0 fully saturated rings. The molecule has 0 aliphatic carbocycles. The molecule has 0 spiro atoms. The van der Waals surface area contributed by atoms with Gasteiger partial charge in [-0.3, -0.25) is 14.9 Å². The number of carbonyl (C=O) groups is 2. The molecule has 0 bridgehead atoms. The van der Waals surface area contributed by atoms with Gasteiger partial charge in [0.1, 0.15) is 0 Å². The molecule has 0 saturated heterocycles. The average Bonchev–Trinajstić information content (AvgIpc) is 2.29. The van der Waals surface area contributed by atoms with Crippen LogP contribution in [0.25, 0.3) is 0 Å². The molecule has 2 amide bonds. The maximum absolute atomic E-state index is 12.2. The van der Waals surface area contributed by atoms with E-state index in [9.17, 15) is 9.59 Å². The molecule has 2 rings (SSSR count). The molecule has 1 unspecified atom stereocenters. The topological polar surface area (TPSA) is 98.2 Å². The van der Waals surface area contributed by atoms with Crippen LogP contribution in [0.2, 0.25) is 0 Å². The van der Waals surface area contributed by atoms with E-state index in [2.05, 4.69) is 5.32 Å². The summed E-state index contributed by atoms with van der Waals surface area (Å²) in [6, 6.07) is 3.39. The van der Waals surface area contributed by atoms with Gasteiger partial charge in [-0.1, -0.05) is 19.9 Å². The van der Waals surface area contributed by atoms with Crippen molar-refractivity contribution in [1.82, 2.24) is 5.32 Å². The lowest BCUT2D eigenvalue weighted by Crippen LogP contribution is -2.51. The summed E-state index contributed by atoms with van der Waals surface area (Å²) in [7, 11) is 0. The SMILES string of the molecule is CC(C)CC1(C)C(=O)NC(=O)c2c1ccc(N)c2N. The molecular weight excluding hydrogens is 242 g/mol. The Labute approximate surface area is 112 Å². The smallest absolute Gasteiger partial charge is 0.260 e. The van der Waals surface area contributed by atoms with Crippen molar-refractivity contribution in [2.75, 3.05) is 11.5 Å². The summed E-state index contributed by atoms with van der Waals surface area (Å²) in [4.78, 5) is 24.2. The van der Waals surface area contributed by atoms with Crippen molar-refractivity contribution < 1.29 is 9.59 Å². The van der Waals surface area contributed by atoms with Gasteiger partial charge >= 0.3 is 0 Å². The van der Waals surface area contributed by atoms with E-state index in [1.807, 2.05) is 20.8 Å². The summed E-state index contributed by atoms with van der Waals surface area (Å²) >= 11 is 0. The van der Waals surface area contributed by atoms with Crippen LogP contribution in [-0.2, 0) is 10.2 Å². The van der Waals surface area contributed by atoms with Crippen LogP contribution < -0.4 is 16.8 Å². The molecule has 1 aliphatic heterocycles. The summed E-state index contributed by atoms with van der Waals surface area (Å²) in [5, 5.41) is 2.39. The second-order valence-electron chi connectivity index (χ2n) is 5.70. The van der Waals surface area contributed by atoms with Gasteiger partial charge in [0.25, 0.3) is 5.91 Å². The number of benzene rings is 1. The number of hydrogen-bond acceptors (Lipinski definition) is 4. The number of rotatable bonds is 2. The maximum Gasteiger partial charge on any atom is 0.260 e. The second-order valence-corrected chi connectivity index (χ2v) is 5.70. The second kappa shape index (κ2) is 4.26. The first-order valence-corrected chi connectivity index (χ1v) is 6.31. The van der Waals surface area contributed by atoms with Crippen LogP contribution in [0.15, 0.2) is 12.1 Å². The fraction of sp³-hybridized carbons (Fsp3) is 0.429. The molecule has 1 atom stereocenters. The standard InChI is InChI=1S/C14H19N3O2/c1-7(2)6-14(3)8-4-5-9(15)11(16)10(8)12(18)17-13(14)19/h4-5,7H,6,15-16H2,1-3H3,(H,17,18,19). The molecule has 5 heteroatoms. The molecule has 1 aliphatic rings. The van der Waals surface area contributed by atoms with Crippen molar-refractivity contribution in [2.45, 2.75) is 32.6 Å². The molecule has 1 aromatic rings. The summed E-state index contributed by atoms with van der Waals surface area (Å²) < 4.78 is 0. The van der Waals surface area contributed by atoms with Crippen LogP contribution in [-0.4, -0.2) is 11.8 Å². The Morgan fingerprint density at radius 2 is 1.89 bits per heavy atom. The Balaban J connectivity index is 2.68. The van der Waals surface area contributed by atoms with Crippen LogP contribution in [0, 0.1) is 5.92 Å². The number of nitrogen functional groups attached to an aromatic ring is 2. The quantitative estimate of drug-likeness (QED) is 0.554. The van der Waals surface area contributed by atoms with E-state index in [4.69, 9.17) is 11.5 Å². The molecule has 19 heavy (non-hydrogen) atoms. The third kappa shape index (κ3) is 1.95. The van der Waals surface area contributed by atoms with Crippen molar-refractivity contribution in [3.8, 4) is 0 Å². The first kappa shape index (κ1) is 13.4.